The molecule has 2 N–H and O–H groups in total. The zero-order chi connectivity index (χ0) is 25.0. The third kappa shape index (κ3) is 6.60. The van der Waals surface area contributed by atoms with E-state index in [1.807, 2.05) is 18.2 Å². The van der Waals surface area contributed by atoms with Crippen molar-refractivity contribution in [3.8, 4) is 5.75 Å². The molecule has 3 aromatic rings. The number of amides is 2. The second-order valence-corrected chi connectivity index (χ2v) is 8.38. The Kier molecular flexibility index (Phi) is 7.07. The highest BCUT2D eigenvalue weighted by Crippen LogP contribution is 2.24. The first-order valence-electron chi connectivity index (χ1n) is 11.0. The van der Waals surface area contributed by atoms with Gasteiger partial charge in [-0.25, -0.2) is 0 Å². The summed E-state index contributed by atoms with van der Waals surface area (Å²) in [5.74, 6) is -1.13. The first-order chi connectivity index (χ1) is 16.7. The van der Waals surface area contributed by atoms with Crippen LogP contribution >= 0.6 is 0 Å². The summed E-state index contributed by atoms with van der Waals surface area (Å²) in [7, 11) is 2.07. The summed E-state index contributed by atoms with van der Waals surface area (Å²) in [5.41, 5.74) is 4.55. The molecule has 0 saturated heterocycles. The molecule has 4 rings (SSSR count). The Balaban J connectivity index is 1.35. The van der Waals surface area contributed by atoms with E-state index in [-0.39, 0.29) is 18.0 Å². The Morgan fingerprint density at radius 1 is 0.943 bits per heavy atom. The number of nitrogens with zero attached hydrogens (tertiary/aromatic N) is 1. The van der Waals surface area contributed by atoms with Crippen LogP contribution in [0.2, 0.25) is 0 Å². The molecule has 182 valence electrons. The summed E-state index contributed by atoms with van der Waals surface area (Å²) in [6, 6.07) is 17.5. The molecule has 0 fully saturated rings. The van der Waals surface area contributed by atoms with Crippen LogP contribution in [0.15, 0.2) is 66.7 Å². The van der Waals surface area contributed by atoms with Crippen LogP contribution in [-0.4, -0.2) is 36.7 Å². The summed E-state index contributed by atoms with van der Waals surface area (Å²) < 4.78 is 40.6. The summed E-state index contributed by atoms with van der Waals surface area (Å²) in [6.45, 7) is 2.00. The molecule has 1 heterocycles. The van der Waals surface area contributed by atoms with Crippen molar-refractivity contribution >= 4 is 17.5 Å². The maximum absolute atomic E-state index is 12.8. The van der Waals surface area contributed by atoms with Crippen LogP contribution in [0.1, 0.15) is 37.4 Å². The minimum atomic E-state index is -4.79. The lowest BCUT2D eigenvalue weighted by Crippen LogP contribution is -2.26. The average Bonchev–Trinajstić information content (AvgIpc) is 2.82. The van der Waals surface area contributed by atoms with E-state index in [0.717, 1.165) is 37.3 Å². The summed E-state index contributed by atoms with van der Waals surface area (Å²) >= 11 is 0. The number of carbonyl (C=O) groups excluding carboxylic acids is 2. The zero-order valence-corrected chi connectivity index (χ0v) is 19.0. The van der Waals surface area contributed by atoms with Gasteiger partial charge >= 0.3 is 6.36 Å². The molecule has 0 unspecified atom stereocenters. The van der Waals surface area contributed by atoms with Gasteiger partial charge in [0.25, 0.3) is 11.8 Å². The van der Waals surface area contributed by atoms with Crippen molar-refractivity contribution in [2.75, 3.05) is 18.9 Å². The van der Waals surface area contributed by atoms with Gasteiger partial charge in [-0.3, -0.25) is 9.59 Å². The van der Waals surface area contributed by atoms with Crippen LogP contribution in [-0.2, 0) is 19.5 Å². The quantitative estimate of drug-likeness (QED) is 0.531. The molecule has 0 atom stereocenters. The summed E-state index contributed by atoms with van der Waals surface area (Å²) in [4.78, 5) is 27.4. The fourth-order valence-corrected chi connectivity index (χ4v) is 3.89. The van der Waals surface area contributed by atoms with Crippen molar-refractivity contribution in [3.05, 3.63) is 94.5 Å². The average molecular weight is 483 g/mol. The van der Waals surface area contributed by atoms with Gasteiger partial charge in [0.05, 0.1) is 0 Å². The molecule has 0 aliphatic carbocycles. The molecule has 0 bridgehead atoms. The number of hydrogen-bond donors (Lipinski definition) is 2. The lowest BCUT2D eigenvalue weighted by atomic mass is 9.99. The van der Waals surface area contributed by atoms with Gasteiger partial charge in [-0.15, -0.1) is 13.2 Å². The van der Waals surface area contributed by atoms with E-state index in [2.05, 4.69) is 27.3 Å². The maximum Gasteiger partial charge on any atom is 0.573 e. The van der Waals surface area contributed by atoms with Gasteiger partial charge in [0.1, 0.15) is 5.75 Å². The van der Waals surface area contributed by atoms with Crippen LogP contribution in [0.5, 0.6) is 5.75 Å². The van der Waals surface area contributed by atoms with Gasteiger partial charge in [0, 0.05) is 36.4 Å². The predicted molar refractivity (Wildman–Crippen MR) is 125 cm³/mol. The van der Waals surface area contributed by atoms with Crippen LogP contribution in [0, 0.1) is 0 Å². The highest BCUT2D eigenvalue weighted by Gasteiger charge is 2.31. The van der Waals surface area contributed by atoms with E-state index in [4.69, 9.17) is 0 Å². The highest BCUT2D eigenvalue weighted by atomic mass is 19.4. The molecule has 0 saturated carbocycles. The minimum absolute atomic E-state index is 0.145. The third-order valence-corrected chi connectivity index (χ3v) is 5.66. The van der Waals surface area contributed by atoms with Crippen LogP contribution in [0.4, 0.5) is 18.9 Å². The van der Waals surface area contributed by atoms with E-state index >= 15 is 0 Å². The van der Waals surface area contributed by atoms with Gasteiger partial charge < -0.3 is 20.3 Å². The molecule has 6 nitrogen and oxygen atoms in total. The largest absolute Gasteiger partial charge is 0.573 e. The number of likely N-dealkylation sites (N-methyl/N-ethyl adjacent to an activating group) is 1. The molecular weight excluding hydrogens is 459 g/mol. The number of benzene rings is 3. The molecule has 0 radical (unpaired) electrons. The SMILES string of the molecule is CN1CCc2ccc(NC(=O)c3cccc(CNC(=O)c4ccc(OC(F)(F)F)cc4)c3)cc2C1. The van der Waals surface area contributed by atoms with Crippen molar-refractivity contribution in [2.24, 2.45) is 0 Å². The predicted octanol–water partition coefficient (Wildman–Crippen LogP) is 4.76. The van der Waals surface area contributed by atoms with Gasteiger partial charge in [-0.1, -0.05) is 18.2 Å². The molecule has 1 aliphatic heterocycles. The molecule has 0 spiro atoms. The number of ether oxygens (including phenoxy) is 1. The highest BCUT2D eigenvalue weighted by molar-refractivity contribution is 6.04. The fourth-order valence-electron chi connectivity index (χ4n) is 3.89. The van der Waals surface area contributed by atoms with E-state index < -0.39 is 18.0 Å². The van der Waals surface area contributed by atoms with Gasteiger partial charge in [-0.05, 0) is 78.7 Å². The molecule has 3 aromatic carbocycles. The first kappa shape index (κ1) is 24.3. The third-order valence-electron chi connectivity index (χ3n) is 5.66. The number of hydrogen-bond acceptors (Lipinski definition) is 4. The first-order valence-corrected chi connectivity index (χ1v) is 11.0. The van der Waals surface area contributed by atoms with Crippen molar-refractivity contribution in [1.82, 2.24) is 10.2 Å². The smallest absolute Gasteiger partial charge is 0.406 e. The van der Waals surface area contributed by atoms with Gasteiger partial charge in [-0.2, -0.15) is 0 Å². The Morgan fingerprint density at radius 3 is 2.46 bits per heavy atom. The van der Waals surface area contributed by atoms with Crippen LogP contribution < -0.4 is 15.4 Å². The number of halogens is 3. The zero-order valence-electron chi connectivity index (χ0n) is 19.0. The van der Waals surface area contributed by atoms with Crippen molar-refractivity contribution in [1.29, 1.82) is 0 Å². The number of fused-ring (bicyclic) bond motifs is 1. The Bertz CT molecular complexity index is 1230. The Labute approximate surface area is 200 Å². The monoisotopic (exact) mass is 483 g/mol. The molecule has 1 aliphatic rings. The molecule has 9 heteroatoms. The van der Waals surface area contributed by atoms with Gasteiger partial charge in [0.2, 0.25) is 0 Å². The Hall–Kier alpha value is -3.85. The fraction of sp³-hybridized carbons (Fsp3) is 0.231. The topological polar surface area (TPSA) is 70.7 Å². The van der Waals surface area contributed by atoms with Crippen LogP contribution in [0.25, 0.3) is 0 Å². The van der Waals surface area contributed by atoms with Crippen molar-refractivity contribution in [2.45, 2.75) is 25.9 Å². The van der Waals surface area contributed by atoms with E-state index in [1.165, 1.54) is 23.3 Å². The van der Waals surface area contributed by atoms with E-state index in [0.29, 0.717) is 11.1 Å². The number of carbonyl (C=O) groups is 2. The number of anilines is 1. The molecular formula is C26H24F3N3O3. The van der Waals surface area contributed by atoms with Crippen molar-refractivity contribution in [3.63, 3.8) is 0 Å². The molecule has 0 aromatic heterocycles. The summed E-state index contributed by atoms with van der Waals surface area (Å²) in [6.07, 6.45) is -3.81. The normalized spacial score (nSPS) is 13.6. The lowest BCUT2D eigenvalue weighted by molar-refractivity contribution is -0.274. The second-order valence-electron chi connectivity index (χ2n) is 8.38. The number of nitrogens with one attached hydrogen (secondary N) is 2. The number of rotatable bonds is 6. The van der Waals surface area contributed by atoms with Gasteiger partial charge in [0.15, 0.2) is 0 Å². The van der Waals surface area contributed by atoms with Crippen LogP contribution in [0.3, 0.4) is 0 Å². The summed E-state index contributed by atoms with van der Waals surface area (Å²) in [5, 5.41) is 5.62. The second kappa shape index (κ2) is 10.2. The molecule has 35 heavy (non-hydrogen) atoms. The Morgan fingerprint density at radius 2 is 1.71 bits per heavy atom. The van der Waals surface area contributed by atoms with E-state index in [1.54, 1.807) is 24.3 Å². The maximum atomic E-state index is 12.8. The molecule has 2 amide bonds. The standard InChI is InChI=1S/C26H24F3N3O3/c1-32-12-11-18-5-8-22(14-21(18)16-32)31-25(34)20-4-2-3-17(13-20)15-30-24(33)19-6-9-23(10-7-19)35-26(27,28)29/h2-10,13-14H,11-12,15-16H2,1H3,(H,30,33)(H,31,34). The lowest BCUT2D eigenvalue weighted by Gasteiger charge is -2.25. The van der Waals surface area contributed by atoms with E-state index in [9.17, 15) is 22.8 Å². The van der Waals surface area contributed by atoms with Crippen molar-refractivity contribution < 1.29 is 27.5 Å². The minimum Gasteiger partial charge on any atom is -0.406 e. The number of alkyl halides is 3.